The van der Waals surface area contributed by atoms with Gasteiger partial charge in [-0.3, -0.25) is 14.5 Å². The molecule has 1 unspecified atom stereocenters. The standard InChI is InChI=1S/C27H26ClNO5/c1-15-18(28)8-6-9-19(15)29-23(21-10-7-13-34-21)22(25(31)26(29)32)24(30)16-11-12-20(33-5)17(14-16)27(2,3)4/h6-14,23,30H,1-5H3/b24-22-. The van der Waals surface area contributed by atoms with Crippen molar-refractivity contribution in [3.8, 4) is 5.75 Å². The van der Waals surface area contributed by atoms with Gasteiger partial charge in [-0.25, -0.2) is 0 Å². The number of rotatable bonds is 4. The number of furan rings is 1. The Bertz CT molecular complexity index is 1300. The van der Waals surface area contributed by atoms with Gasteiger partial charge in [0, 0.05) is 21.8 Å². The number of aliphatic hydroxyl groups excluding tert-OH is 1. The van der Waals surface area contributed by atoms with Crippen molar-refractivity contribution in [2.45, 2.75) is 39.2 Å². The van der Waals surface area contributed by atoms with E-state index >= 15 is 0 Å². The molecular weight excluding hydrogens is 454 g/mol. The summed E-state index contributed by atoms with van der Waals surface area (Å²) in [5, 5.41) is 11.9. The summed E-state index contributed by atoms with van der Waals surface area (Å²) in [5.74, 6) is -0.828. The van der Waals surface area contributed by atoms with E-state index in [4.69, 9.17) is 20.8 Å². The number of anilines is 1. The molecule has 1 amide bonds. The number of benzene rings is 2. The summed E-state index contributed by atoms with van der Waals surface area (Å²) in [6.45, 7) is 7.85. The van der Waals surface area contributed by atoms with Gasteiger partial charge in [0.15, 0.2) is 0 Å². The molecule has 0 spiro atoms. The van der Waals surface area contributed by atoms with Crippen molar-refractivity contribution < 1.29 is 23.8 Å². The van der Waals surface area contributed by atoms with Crippen molar-refractivity contribution in [3.63, 3.8) is 0 Å². The van der Waals surface area contributed by atoms with Crippen molar-refractivity contribution in [1.29, 1.82) is 0 Å². The van der Waals surface area contributed by atoms with E-state index in [1.165, 1.54) is 11.2 Å². The molecule has 0 aliphatic carbocycles. The Kier molecular flexibility index (Phi) is 6.04. The Labute approximate surface area is 203 Å². The zero-order chi connectivity index (χ0) is 24.8. The van der Waals surface area contributed by atoms with Crippen LogP contribution in [0.15, 0.2) is 64.8 Å². The molecule has 2 aromatic carbocycles. The molecule has 0 radical (unpaired) electrons. The number of carbonyl (C=O) groups excluding carboxylic acids is 2. The summed E-state index contributed by atoms with van der Waals surface area (Å²) in [6, 6.07) is 12.7. The highest BCUT2D eigenvalue weighted by Crippen LogP contribution is 2.44. The molecule has 7 heteroatoms. The van der Waals surface area contributed by atoms with E-state index in [-0.39, 0.29) is 16.7 Å². The van der Waals surface area contributed by atoms with Crippen LogP contribution < -0.4 is 9.64 Å². The lowest BCUT2D eigenvalue weighted by molar-refractivity contribution is -0.132. The van der Waals surface area contributed by atoms with Gasteiger partial charge in [-0.2, -0.15) is 0 Å². The SMILES string of the molecule is COc1ccc(/C(O)=C2/C(=O)C(=O)N(c3cccc(Cl)c3C)C2c2ccco2)cc1C(C)(C)C. The second-order valence-electron chi connectivity index (χ2n) is 9.23. The van der Waals surface area contributed by atoms with Crippen LogP contribution in [0.2, 0.25) is 5.02 Å². The van der Waals surface area contributed by atoms with Crippen molar-refractivity contribution >= 4 is 34.7 Å². The number of nitrogens with zero attached hydrogens (tertiary/aromatic N) is 1. The summed E-state index contributed by atoms with van der Waals surface area (Å²) >= 11 is 6.31. The van der Waals surface area contributed by atoms with E-state index in [1.807, 2.05) is 20.8 Å². The van der Waals surface area contributed by atoms with Crippen LogP contribution in [0.4, 0.5) is 5.69 Å². The summed E-state index contributed by atoms with van der Waals surface area (Å²) in [6.07, 6.45) is 1.46. The van der Waals surface area contributed by atoms with Crippen molar-refractivity contribution in [2.24, 2.45) is 0 Å². The van der Waals surface area contributed by atoms with E-state index < -0.39 is 17.7 Å². The molecule has 1 atom stereocenters. The number of halogens is 1. The maximum Gasteiger partial charge on any atom is 0.300 e. The molecule has 3 aromatic rings. The minimum absolute atomic E-state index is 0.0515. The molecule has 1 aliphatic rings. The predicted molar refractivity (Wildman–Crippen MR) is 131 cm³/mol. The van der Waals surface area contributed by atoms with Gasteiger partial charge in [-0.05, 0) is 60.4 Å². The zero-order valence-electron chi connectivity index (χ0n) is 19.7. The zero-order valence-corrected chi connectivity index (χ0v) is 20.4. The molecule has 0 bridgehead atoms. The average Bonchev–Trinajstić information content (AvgIpc) is 3.41. The summed E-state index contributed by atoms with van der Waals surface area (Å²) in [4.78, 5) is 27.9. The van der Waals surface area contributed by atoms with Gasteiger partial charge >= 0.3 is 0 Å². The Morgan fingerprint density at radius 1 is 1.12 bits per heavy atom. The lowest BCUT2D eigenvalue weighted by Crippen LogP contribution is -2.30. The summed E-state index contributed by atoms with van der Waals surface area (Å²) in [7, 11) is 1.58. The molecule has 0 saturated carbocycles. The molecule has 1 fully saturated rings. The highest BCUT2D eigenvalue weighted by Gasteiger charge is 2.48. The van der Waals surface area contributed by atoms with Crippen LogP contribution in [0.5, 0.6) is 5.75 Å². The topological polar surface area (TPSA) is 80.0 Å². The van der Waals surface area contributed by atoms with E-state index in [1.54, 1.807) is 62.6 Å². The molecule has 1 N–H and O–H groups in total. The normalized spacial score (nSPS) is 17.9. The Hall–Kier alpha value is -3.51. The largest absolute Gasteiger partial charge is 0.507 e. The van der Waals surface area contributed by atoms with Crippen LogP contribution in [-0.4, -0.2) is 23.9 Å². The Morgan fingerprint density at radius 2 is 1.85 bits per heavy atom. The smallest absolute Gasteiger partial charge is 0.300 e. The third kappa shape index (κ3) is 3.88. The number of aliphatic hydroxyl groups is 1. The molecule has 34 heavy (non-hydrogen) atoms. The number of hydrogen-bond donors (Lipinski definition) is 1. The highest BCUT2D eigenvalue weighted by molar-refractivity contribution is 6.52. The van der Waals surface area contributed by atoms with E-state index in [0.29, 0.717) is 33.3 Å². The molecular formula is C27H26ClNO5. The fourth-order valence-corrected chi connectivity index (χ4v) is 4.42. The van der Waals surface area contributed by atoms with Gasteiger partial charge in [0.25, 0.3) is 11.7 Å². The van der Waals surface area contributed by atoms with E-state index in [2.05, 4.69) is 0 Å². The second-order valence-corrected chi connectivity index (χ2v) is 9.64. The molecule has 1 saturated heterocycles. The van der Waals surface area contributed by atoms with Crippen LogP contribution in [0, 0.1) is 6.92 Å². The van der Waals surface area contributed by atoms with Gasteiger partial charge in [-0.15, -0.1) is 0 Å². The van der Waals surface area contributed by atoms with E-state index in [9.17, 15) is 14.7 Å². The maximum atomic E-state index is 13.3. The van der Waals surface area contributed by atoms with Gasteiger partial charge < -0.3 is 14.3 Å². The molecule has 2 heterocycles. The quantitative estimate of drug-likeness (QED) is 0.275. The van der Waals surface area contributed by atoms with Crippen molar-refractivity contribution in [3.05, 3.63) is 87.8 Å². The minimum Gasteiger partial charge on any atom is -0.507 e. The van der Waals surface area contributed by atoms with Gasteiger partial charge in [0.2, 0.25) is 0 Å². The lowest BCUT2D eigenvalue weighted by Gasteiger charge is -2.25. The number of amides is 1. The lowest BCUT2D eigenvalue weighted by atomic mass is 9.84. The molecule has 1 aliphatic heterocycles. The summed E-state index contributed by atoms with van der Waals surface area (Å²) < 4.78 is 11.1. The van der Waals surface area contributed by atoms with Crippen LogP contribution >= 0.6 is 11.6 Å². The molecule has 176 valence electrons. The number of carbonyl (C=O) groups is 2. The number of ketones is 1. The molecule has 6 nitrogen and oxygen atoms in total. The van der Waals surface area contributed by atoms with Crippen molar-refractivity contribution in [1.82, 2.24) is 0 Å². The Morgan fingerprint density at radius 3 is 2.47 bits per heavy atom. The number of ether oxygens (including phenoxy) is 1. The minimum atomic E-state index is -0.952. The van der Waals surface area contributed by atoms with Gasteiger partial charge in [0.1, 0.15) is 23.3 Å². The second kappa shape index (κ2) is 8.69. The number of hydrogen-bond acceptors (Lipinski definition) is 5. The predicted octanol–water partition coefficient (Wildman–Crippen LogP) is 6.17. The fraction of sp³-hybridized carbons (Fsp3) is 0.259. The average molecular weight is 480 g/mol. The number of methoxy groups -OCH3 is 1. The van der Waals surface area contributed by atoms with Crippen LogP contribution in [0.1, 0.15) is 49.3 Å². The first-order valence-corrected chi connectivity index (χ1v) is 11.2. The fourth-order valence-electron chi connectivity index (χ4n) is 4.25. The van der Waals surface area contributed by atoms with Gasteiger partial charge in [-0.1, -0.05) is 38.4 Å². The molecule has 4 rings (SSSR count). The maximum absolute atomic E-state index is 13.3. The first-order chi connectivity index (χ1) is 16.1. The van der Waals surface area contributed by atoms with Gasteiger partial charge in [0.05, 0.1) is 18.9 Å². The third-order valence-corrected chi connectivity index (χ3v) is 6.45. The first kappa shape index (κ1) is 23.6. The third-order valence-electron chi connectivity index (χ3n) is 6.04. The molecule has 1 aromatic heterocycles. The summed E-state index contributed by atoms with van der Waals surface area (Å²) in [5.41, 5.74) is 2.04. The monoisotopic (exact) mass is 479 g/mol. The number of Topliss-reactive ketones (excluding diaryl/α,β-unsaturated/α-hetero) is 1. The van der Waals surface area contributed by atoms with Crippen molar-refractivity contribution in [2.75, 3.05) is 12.0 Å². The van der Waals surface area contributed by atoms with E-state index in [0.717, 1.165) is 5.56 Å². The van der Waals surface area contributed by atoms with Crippen LogP contribution in [0.25, 0.3) is 5.76 Å². The van der Waals surface area contributed by atoms with Crippen LogP contribution in [-0.2, 0) is 15.0 Å². The Balaban J connectivity index is 1.96. The first-order valence-electron chi connectivity index (χ1n) is 10.8. The highest BCUT2D eigenvalue weighted by atomic mass is 35.5. The van der Waals surface area contributed by atoms with Crippen LogP contribution in [0.3, 0.4) is 0 Å².